The Labute approximate surface area is 125 Å². The minimum atomic E-state index is -0.963. The molecule has 1 aliphatic rings. The number of para-hydroxylation sites is 1. The summed E-state index contributed by atoms with van der Waals surface area (Å²) in [6, 6.07) is 6.28. The molecular weight excluding hydrogens is 302 g/mol. The van der Waals surface area contributed by atoms with Gasteiger partial charge in [0.25, 0.3) is 0 Å². The number of halogens is 1. The normalized spacial score (nSPS) is 18.1. The summed E-state index contributed by atoms with van der Waals surface area (Å²) in [5.74, 6) is 0.200. The maximum atomic E-state index is 12.0. The van der Waals surface area contributed by atoms with Gasteiger partial charge in [-0.15, -0.1) is 11.8 Å². The second-order valence-corrected chi connectivity index (χ2v) is 5.65. The Morgan fingerprint density at radius 1 is 1.45 bits per heavy atom. The van der Waals surface area contributed by atoms with Crippen LogP contribution in [0.3, 0.4) is 0 Å². The predicted octanol–water partition coefficient (Wildman–Crippen LogP) is 2.09. The molecule has 20 heavy (non-hydrogen) atoms. The van der Waals surface area contributed by atoms with E-state index in [1.165, 1.54) is 16.7 Å². The molecule has 7 heteroatoms. The lowest BCUT2D eigenvalue weighted by atomic mass is 10.2. The lowest BCUT2D eigenvalue weighted by Gasteiger charge is -2.20. The number of carboxylic acid groups (broad SMARTS) is 1. The molecule has 1 aliphatic heterocycles. The summed E-state index contributed by atoms with van der Waals surface area (Å²) in [5, 5.41) is 9.50. The second kappa shape index (κ2) is 6.85. The quantitative estimate of drug-likeness (QED) is 0.901. The van der Waals surface area contributed by atoms with Crippen LogP contribution in [0, 0.1) is 0 Å². The molecule has 108 valence electrons. The zero-order chi connectivity index (χ0) is 14.5. The van der Waals surface area contributed by atoms with Crippen molar-refractivity contribution in [2.45, 2.75) is 12.5 Å². The third-order valence-electron chi connectivity index (χ3n) is 2.90. The van der Waals surface area contributed by atoms with Crippen LogP contribution in [0.4, 0.5) is 0 Å². The number of carboxylic acids is 1. The van der Waals surface area contributed by atoms with Crippen molar-refractivity contribution in [2.24, 2.45) is 0 Å². The van der Waals surface area contributed by atoms with E-state index in [9.17, 15) is 9.59 Å². The molecule has 0 radical (unpaired) electrons. The van der Waals surface area contributed by atoms with Gasteiger partial charge in [0.05, 0.1) is 23.9 Å². The Kier molecular flexibility index (Phi) is 5.14. The molecule has 1 atom stereocenters. The third kappa shape index (κ3) is 3.58. The summed E-state index contributed by atoms with van der Waals surface area (Å²) < 4.78 is 5.43. The standard InChI is InChI=1S/C13H14ClNO4S/c14-9-3-1-2-4-11(9)19-6-5-12(16)15-8-20-7-10(15)13(17)18/h1-4,10H,5-8H2,(H,17,18)/t10-/m0/s1. The minimum Gasteiger partial charge on any atom is -0.491 e. The summed E-state index contributed by atoms with van der Waals surface area (Å²) in [6.07, 6.45) is 0.134. The summed E-state index contributed by atoms with van der Waals surface area (Å²) in [6.45, 7) is 0.177. The molecule has 1 aromatic rings. The van der Waals surface area contributed by atoms with Gasteiger partial charge in [-0.3, -0.25) is 4.79 Å². The molecule has 0 spiro atoms. The number of nitrogens with zero attached hydrogens (tertiary/aromatic N) is 1. The number of hydrogen-bond acceptors (Lipinski definition) is 4. The van der Waals surface area contributed by atoms with Crippen molar-refractivity contribution >= 4 is 35.2 Å². The number of rotatable bonds is 5. The lowest BCUT2D eigenvalue weighted by Crippen LogP contribution is -2.42. The minimum absolute atomic E-state index is 0.134. The van der Waals surface area contributed by atoms with Crippen LogP contribution in [0.25, 0.3) is 0 Å². The first-order valence-corrected chi connectivity index (χ1v) is 7.60. The number of carbonyl (C=O) groups excluding carboxylic acids is 1. The zero-order valence-electron chi connectivity index (χ0n) is 10.6. The van der Waals surface area contributed by atoms with E-state index < -0.39 is 12.0 Å². The largest absolute Gasteiger partial charge is 0.491 e. The molecule has 5 nitrogen and oxygen atoms in total. The maximum absolute atomic E-state index is 12.0. The van der Waals surface area contributed by atoms with Crippen LogP contribution in [-0.4, -0.2) is 46.2 Å². The Balaban J connectivity index is 1.84. The van der Waals surface area contributed by atoms with E-state index in [2.05, 4.69) is 0 Å². The molecule has 1 aromatic carbocycles. The van der Waals surface area contributed by atoms with E-state index in [4.69, 9.17) is 21.4 Å². The van der Waals surface area contributed by atoms with Crippen LogP contribution >= 0.6 is 23.4 Å². The Morgan fingerprint density at radius 3 is 2.90 bits per heavy atom. The number of carbonyl (C=O) groups is 2. The van der Waals surface area contributed by atoms with Gasteiger partial charge in [-0.1, -0.05) is 23.7 Å². The van der Waals surface area contributed by atoms with Gasteiger partial charge in [0.1, 0.15) is 11.8 Å². The fraction of sp³-hybridized carbons (Fsp3) is 0.385. The highest BCUT2D eigenvalue weighted by atomic mass is 35.5. The smallest absolute Gasteiger partial charge is 0.327 e. The van der Waals surface area contributed by atoms with Crippen LogP contribution in [-0.2, 0) is 9.59 Å². The Bertz CT molecular complexity index is 511. The fourth-order valence-electron chi connectivity index (χ4n) is 1.85. The second-order valence-electron chi connectivity index (χ2n) is 4.25. The first kappa shape index (κ1) is 15.0. The number of ether oxygens (including phenoxy) is 1. The van der Waals surface area contributed by atoms with Gasteiger partial charge in [-0.2, -0.15) is 0 Å². The molecule has 0 unspecified atom stereocenters. The molecule has 0 aromatic heterocycles. The van der Waals surface area contributed by atoms with Gasteiger partial charge in [0.2, 0.25) is 5.91 Å². The van der Waals surface area contributed by atoms with E-state index in [1.807, 2.05) is 0 Å². The van der Waals surface area contributed by atoms with Gasteiger partial charge in [0.15, 0.2) is 0 Å². The van der Waals surface area contributed by atoms with Crippen molar-refractivity contribution in [3.8, 4) is 5.75 Å². The number of amides is 1. The highest BCUT2D eigenvalue weighted by Crippen LogP contribution is 2.24. The van der Waals surface area contributed by atoms with Crippen LogP contribution in [0.2, 0.25) is 5.02 Å². The van der Waals surface area contributed by atoms with Crippen LogP contribution in [0.5, 0.6) is 5.75 Å². The molecule has 1 heterocycles. The number of aliphatic carboxylic acids is 1. The molecule has 0 aliphatic carbocycles. The molecule has 1 fully saturated rings. The van der Waals surface area contributed by atoms with E-state index >= 15 is 0 Å². The molecular formula is C13H14ClNO4S. The SMILES string of the molecule is O=C(O)[C@@H]1CSCN1C(=O)CCOc1ccccc1Cl. The molecule has 0 saturated carbocycles. The van der Waals surface area contributed by atoms with Crippen LogP contribution in [0.15, 0.2) is 24.3 Å². The van der Waals surface area contributed by atoms with Crippen molar-refractivity contribution in [1.82, 2.24) is 4.90 Å². The van der Waals surface area contributed by atoms with Gasteiger partial charge in [-0.25, -0.2) is 4.79 Å². The Morgan fingerprint density at radius 2 is 2.20 bits per heavy atom. The average Bonchev–Trinajstić information content (AvgIpc) is 2.90. The van der Waals surface area contributed by atoms with Gasteiger partial charge >= 0.3 is 5.97 Å². The molecule has 1 amide bonds. The van der Waals surface area contributed by atoms with Crippen molar-refractivity contribution in [2.75, 3.05) is 18.2 Å². The summed E-state index contributed by atoms with van der Waals surface area (Å²) >= 11 is 7.37. The third-order valence-corrected chi connectivity index (χ3v) is 4.22. The number of hydrogen-bond donors (Lipinski definition) is 1. The summed E-state index contributed by atoms with van der Waals surface area (Å²) in [7, 11) is 0. The highest BCUT2D eigenvalue weighted by Gasteiger charge is 2.34. The maximum Gasteiger partial charge on any atom is 0.327 e. The molecule has 2 rings (SSSR count). The average molecular weight is 316 g/mol. The van der Waals surface area contributed by atoms with Gasteiger partial charge in [-0.05, 0) is 12.1 Å². The van der Waals surface area contributed by atoms with Crippen molar-refractivity contribution in [3.05, 3.63) is 29.3 Å². The summed E-state index contributed by atoms with van der Waals surface area (Å²) in [4.78, 5) is 24.3. The van der Waals surface area contributed by atoms with E-state index in [-0.39, 0.29) is 18.9 Å². The van der Waals surface area contributed by atoms with Crippen molar-refractivity contribution in [1.29, 1.82) is 0 Å². The van der Waals surface area contributed by atoms with Crippen molar-refractivity contribution in [3.63, 3.8) is 0 Å². The first-order chi connectivity index (χ1) is 9.59. The number of thioether (sulfide) groups is 1. The zero-order valence-corrected chi connectivity index (χ0v) is 12.2. The molecule has 1 N–H and O–H groups in total. The summed E-state index contributed by atoms with van der Waals surface area (Å²) in [5.41, 5.74) is 0. The van der Waals surface area contributed by atoms with Gasteiger partial charge in [0, 0.05) is 5.75 Å². The van der Waals surface area contributed by atoms with Crippen molar-refractivity contribution < 1.29 is 19.4 Å². The topological polar surface area (TPSA) is 66.8 Å². The lowest BCUT2D eigenvalue weighted by molar-refractivity contribution is -0.147. The van der Waals surface area contributed by atoms with Crippen LogP contribution in [0.1, 0.15) is 6.42 Å². The number of benzene rings is 1. The van der Waals surface area contributed by atoms with Crippen LogP contribution < -0.4 is 4.74 Å². The first-order valence-electron chi connectivity index (χ1n) is 6.07. The van der Waals surface area contributed by atoms with E-state index in [0.717, 1.165) is 0 Å². The Hall–Kier alpha value is -1.40. The van der Waals surface area contributed by atoms with E-state index in [1.54, 1.807) is 24.3 Å². The highest BCUT2D eigenvalue weighted by molar-refractivity contribution is 7.99. The van der Waals surface area contributed by atoms with Gasteiger partial charge < -0.3 is 14.7 Å². The van der Waals surface area contributed by atoms with E-state index in [0.29, 0.717) is 22.4 Å². The molecule has 0 bridgehead atoms. The monoisotopic (exact) mass is 315 g/mol. The predicted molar refractivity (Wildman–Crippen MR) is 77.2 cm³/mol. The molecule has 1 saturated heterocycles. The fourth-order valence-corrected chi connectivity index (χ4v) is 3.21.